The van der Waals surface area contributed by atoms with Crippen molar-refractivity contribution in [2.45, 2.75) is 26.4 Å². The largest absolute Gasteiger partial charge is 0.380 e. The number of nitrogens with one attached hydrogen (secondary N) is 1. The second-order valence-electron chi connectivity index (χ2n) is 4.11. The van der Waals surface area contributed by atoms with Crippen LogP contribution in [0, 0.1) is 5.82 Å². The van der Waals surface area contributed by atoms with E-state index in [-0.39, 0.29) is 11.6 Å². The molecule has 0 radical (unpaired) electrons. The van der Waals surface area contributed by atoms with Gasteiger partial charge in [-0.25, -0.2) is 4.39 Å². The molecule has 18 heavy (non-hydrogen) atoms. The van der Waals surface area contributed by atoms with Crippen molar-refractivity contribution >= 4 is 5.91 Å². The van der Waals surface area contributed by atoms with Crippen LogP contribution in [0.25, 0.3) is 0 Å². The van der Waals surface area contributed by atoms with Crippen LogP contribution in [0.4, 0.5) is 4.39 Å². The summed E-state index contributed by atoms with van der Waals surface area (Å²) >= 11 is 0. The highest BCUT2D eigenvalue weighted by Crippen LogP contribution is 2.10. The van der Waals surface area contributed by atoms with Gasteiger partial charge in [0.05, 0.1) is 6.61 Å². The summed E-state index contributed by atoms with van der Waals surface area (Å²) in [5.74, 6) is -1.06. The van der Waals surface area contributed by atoms with Crippen molar-refractivity contribution < 1.29 is 13.9 Å². The number of rotatable bonds is 7. The van der Waals surface area contributed by atoms with Crippen LogP contribution >= 0.6 is 0 Å². The van der Waals surface area contributed by atoms with Gasteiger partial charge in [0.15, 0.2) is 0 Å². The zero-order valence-electron chi connectivity index (χ0n) is 10.7. The molecule has 100 valence electrons. The van der Waals surface area contributed by atoms with Crippen molar-refractivity contribution in [3.63, 3.8) is 0 Å². The molecular weight excluding hydrogens is 235 g/mol. The van der Waals surface area contributed by atoms with Crippen LogP contribution in [0.3, 0.4) is 0 Å². The molecule has 1 amide bonds. The lowest BCUT2D eigenvalue weighted by molar-refractivity contribution is 0.1000. The standard InChI is InChI=1S/C13H19FN2O2/c1-3-18-8-9(2)16-7-11-5-4-10(13(15)17)6-12(11)14/h4-6,9,16H,3,7-8H2,1-2H3,(H2,15,17). The highest BCUT2D eigenvalue weighted by Gasteiger charge is 2.08. The highest BCUT2D eigenvalue weighted by atomic mass is 19.1. The Bertz CT molecular complexity index is 410. The van der Waals surface area contributed by atoms with Crippen LogP contribution in [-0.2, 0) is 11.3 Å². The van der Waals surface area contributed by atoms with E-state index < -0.39 is 11.7 Å². The zero-order chi connectivity index (χ0) is 13.5. The maximum Gasteiger partial charge on any atom is 0.248 e. The number of benzene rings is 1. The van der Waals surface area contributed by atoms with E-state index >= 15 is 0 Å². The normalized spacial score (nSPS) is 12.4. The summed E-state index contributed by atoms with van der Waals surface area (Å²) in [6.07, 6.45) is 0. The predicted octanol–water partition coefficient (Wildman–Crippen LogP) is 1.44. The van der Waals surface area contributed by atoms with E-state index in [1.165, 1.54) is 6.07 Å². The Labute approximate surface area is 106 Å². The molecule has 0 aliphatic heterocycles. The number of hydrogen-bond acceptors (Lipinski definition) is 3. The van der Waals surface area contributed by atoms with E-state index in [1.807, 2.05) is 13.8 Å². The van der Waals surface area contributed by atoms with E-state index in [0.29, 0.717) is 25.3 Å². The Morgan fingerprint density at radius 1 is 1.56 bits per heavy atom. The van der Waals surface area contributed by atoms with Gasteiger partial charge in [0.25, 0.3) is 0 Å². The molecule has 0 bridgehead atoms. The maximum absolute atomic E-state index is 13.6. The number of amides is 1. The van der Waals surface area contributed by atoms with Gasteiger partial charge in [0.2, 0.25) is 5.91 Å². The van der Waals surface area contributed by atoms with Crippen molar-refractivity contribution in [1.29, 1.82) is 0 Å². The molecule has 1 aromatic carbocycles. The zero-order valence-corrected chi connectivity index (χ0v) is 10.7. The molecule has 4 nitrogen and oxygen atoms in total. The van der Waals surface area contributed by atoms with Crippen LogP contribution in [0.1, 0.15) is 29.8 Å². The molecular formula is C13H19FN2O2. The van der Waals surface area contributed by atoms with Crippen LogP contribution in [0.5, 0.6) is 0 Å². The van der Waals surface area contributed by atoms with Gasteiger partial charge in [-0.1, -0.05) is 6.07 Å². The Hall–Kier alpha value is -1.46. The summed E-state index contributed by atoms with van der Waals surface area (Å²) in [5.41, 5.74) is 5.75. The number of nitrogens with two attached hydrogens (primary N) is 1. The SMILES string of the molecule is CCOCC(C)NCc1ccc(C(N)=O)cc1F. The molecule has 3 N–H and O–H groups in total. The molecule has 0 aliphatic carbocycles. The van der Waals surface area contributed by atoms with Crippen LogP contribution < -0.4 is 11.1 Å². The van der Waals surface area contributed by atoms with Gasteiger partial charge in [-0.3, -0.25) is 4.79 Å². The second-order valence-corrected chi connectivity index (χ2v) is 4.11. The highest BCUT2D eigenvalue weighted by molar-refractivity contribution is 5.92. The van der Waals surface area contributed by atoms with Gasteiger partial charge in [-0.15, -0.1) is 0 Å². The average Bonchev–Trinajstić information content (AvgIpc) is 2.34. The number of carbonyl (C=O) groups excluding carboxylic acids is 1. The van der Waals surface area contributed by atoms with E-state index in [0.717, 1.165) is 6.07 Å². The first-order valence-electron chi connectivity index (χ1n) is 5.94. The molecule has 0 fully saturated rings. The van der Waals surface area contributed by atoms with Crippen molar-refractivity contribution in [3.8, 4) is 0 Å². The van der Waals surface area contributed by atoms with Gasteiger partial charge in [0, 0.05) is 30.3 Å². The fraction of sp³-hybridized carbons (Fsp3) is 0.462. The summed E-state index contributed by atoms with van der Waals surface area (Å²) in [6.45, 7) is 5.52. The Morgan fingerprint density at radius 3 is 2.83 bits per heavy atom. The molecule has 0 heterocycles. The molecule has 5 heteroatoms. The van der Waals surface area contributed by atoms with E-state index in [4.69, 9.17) is 10.5 Å². The van der Waals surface area contributed by atoms with Gasteiger partial charge in [0.1, 0.15) is 5.82 Å². The average molecular weight is 254 g/mol. The van der Waals surface area contributed by atoms with E-state index in [9.17, 15) is 9.18 Å². The predicted molar refractivity (Wildman–Crippen MR) is 67.7 cm³/mol. The minimum Gasteiger partial charge on any atom is -0.380 e. The second kappa shape index (κ2) is 7.08. The summed E-state index contributed by atoms with van der Waals surface area (Å²) in [4.78, 5) is 10.9. The van der Waals surface area contributed by atoms with Gasteiger partial charge < -0.3 is 15.8 Å². The molecule has 1 rings (SSSR count). The fourth-order valence-corrected chi connectivity index (χ4v) is 1.48. The lowest BCUT2D eigenvalue weighted by Crippen LogP contribution is -2.30. The molecule has 0 saturated heterocycles. The topological polar surface area (TPSA) is 64.3 Å². The van der Waals surface area contributed by atoms with Crippen LogP contribution in [0.15, 0.2) is 18.2 Å². The van der Waals surface area contributed by atoms with Crippen molar-refractivity contribution in [2.75, 3.05) is 13.2 Å². The number of halogens is 1. The summed E-state index contributed by atoms with van der Waals surface area (Å²) < 4.78 is 18.9. The van der Waals surface area contributed by atoms with Crippen LogP contribution in [0.2, 0.25) is 0 Å². The van der Waals surface area contributed by atoms with E-state index in [2.05, 4.69) is 5.32 Å². The number of hydrogen-bond donors (Lipinski definition) is 2. The lowest BCUT2D eigenvalue weighted by Gasteiger charge is -2.14. The third-order valence-corrected chi connectivity index (χ3v) is 2.55. The third-order valence-electron chi connectivity index (χ3n) is 2.55. The van der Waals surface area contributed by atoms with Gasteiger partial charge >= 0.3 is 0 Å². The summed E-state index contributed by atoms with van der Waals surface area (Å²) in [7, 11) is 0. The number of primary amides is 1. The Balaban J connectivity index is 2.55. The van der Waals surface area contributed by atoms with Gasteiger partial charge in [-0.05, 0) is 26.0 Å². The Morgan fingerprint density at radius 2 is 2.28 bits per heavy atom. The van der Waals surface area contributed by atoms with Crippen molar-refractivity contribution in [2.24, 2.45) is 5.73 Å². The fourth-order valence-electron chi connectivity index (χ4n) is 1.48. The minimum atomic E-state index is -0.627. The minimum absolute atomic E-state index is 0.139. The maximum atomic E-state index is 13.6. The Kier molecular flexibility index (Phi) is 5.74. The quantitative estimate of drug-likeness (QED) is 0.774. The first-order chi connectivity index (χ1) is 8.54. The summed E-state index contributed by atoms with van der Waals surface area (Å²) in [5, 5.41) is 3.14. The van der Waals surface area contributed by atoms with Crippen molar-refractivity contribution in [1.82, 2.24) is 5.32 Å². The third kappa shape index (κ3) is 4.43. The monoisotopic (exact) mass is 254 g/mol. The molecule has 0 spiro atoms. The molecule has 1 unspecified atom stereocenters. The summed E-state index contributed by atoms with van der Waals surface area (Å²) in [6, 6.07) is 4.39. The first kappa shape index (κ1) is 14.6. The molecule has 0 saturated carbocycles. The van der Waals surface area contributed by atoms with E-state index in [1.54, 1.807) is 6.07 Å². The number of carbonyl (C=O) groups is 1. The smallest absolute Gasteiger partial charge is 0.248 e. The first-order valence-corrected chi connectivity index (χ1v) is 5.94. The molecule has 0 aliphatic rings. The molecule has 1 aromatic rings. The number of ether oxygens (including phenoxy) is 1. The molecule has 1 atom stereocenters. The van der Waals surface area contributed by atoms with Gasteiger partial charge in [-0.2, -0.15) is 0 Å². The van der Waals surface area contributed by atoms with Crippen LogP contribution in [-0.4, -0.2) is 25.2 Å². The lowest BCUT2D eigenvalue weighted by atomic mass is 10.1. The molecule has 0 aromatic heterocycles. The van der Waals surface area contributed by atoms with Crippen molar-refractivity contribution in [3.05, 3.63) is 35.1 Å².